The van der Waals surface area contributed by atoms with Crippen molar-refractivity contribution in [3.8, 4) is 0 Å². The van der Waals surface area contributed by atoms with E-state index in [2.05, 4.69) is 20.1 Å². The summed E-state index contributed by atoms with van der Waals surface area (Å²) >= 11 is 0. The lowest BCUT2D eigenvalue weighted by molar-refractivity contribution is -0.135. The topological polar surface area (TPSA) is 138 Å². The molecule has 2 N–H and O–H groups in total. The number of rotatable bonds is 16. The molecule has 0 bridgehead atoms. The van der Waals surface area contributed by atoms with Gasteiger partial charge in [-0.2, -0.15) is 0 Å². The Morgan fingerprint density at radius 3 is 1.35 bits per heavy atom. The first-order valence-electron chi connectivity index (χ1n) is 9.64. The fourth-order valence-electron chi connectivity index (χ4n) is 1.95. The third-order valence-electron chi connectivity index (χ3n) is 3.40. The van der Waals surface area contributed by atoms with E-state index in [9.17, 15) is 19.2 Å². The van der Waals surface area contributed by atoms with Crippen LogP contribution >= 0.6 is 0 Å². The van der Waals surface area contributed by atoms with Crippen LogP contribution in [0, 0.1) is 0 Å². The van der Waals surface area contributed by atoms with Crippen LogP contribution in [-0.4, -0.2) is 89.7 Å². The Bertz CT molecular complexity index is 568. The fourth-order valence-corrected chi connectivity index (χ4v) is 1.95. The van der Waals surface area contributed by atoms with Gasteiger partial charge in [-0.15, -0.1) is 0 Å². The first kappa shape index (κ1) is 28.2. The molecule has 11 heteroatoms. The van der Waals surface area contributed by atoms with Gasteiger partial charge in [0.25, 0.3) is 0 Å². The van der Waals surface area contributed by atoms with Gasteiger partial charge in [0.05, 0.1) is 53.9 Å². The summed E-state index contributed by atoms with van der Waals surface area (Å²) in [5.74, 6) is -2.04. The number of nitrogens with one attached hydrogen (secondary N) is 2. The maximum absolute atomic E-state index is 11.5. The van der Waals surface area contributed by atoms with Crippen molar-refractivity contribution in [3.63, 3.8) is 0 Å². The normalized spacial score (nSPS) is 13.0. The van der Waals surface area contributed by atoms with Gasteiger partial charge in [-0.05, 0) is 13.8 Å². The monoisotopic (exact) mass is 444 g/mol. The Morgan fingerprint density at radius 1 is 0.645 bits per heavy atom. The zero-order valence-corrected chi connectivity index (χ0v) is 18.4. The van der Waals surface area contributed by atoms with Gasteiger partial charge in [0.1, 0.15) is 0 Å². The van der Waals surface area contributed by atoms with Crippen molar-refractivity contribution >= 4 is 23.8 Å². The molecule has 0 aromatic carbocycles. The molecule has 0 aliphatic carbocycles. The number of hydrogen-bond acceptors (Lipinski definition) is 9. The average Bonchev–Trinajstić information content (AvgIpc) is 2.74. The van der Waals surface area contributed by atoms with Crippen molar-refractivity contribution < 1.29 is 42.9 Å². The van der Waals surface area contributed by atoms with Gasteiger partial charge in [-0.1, -0.05) is 0 Å². The summed E-state index contributed by atoms with van der Waals surface area (Å²) in [6.45, 7) is 5.52. The zero-order valence-electron chi connectivity index (χ0n) is 18.4. The van der Waals surface area contributed by atoms with E-state index in [4.69, 9.17) is 14.2 Å². The number of ether oxygens (including phenoxy) is 5. The van der Waals surface area contributed by atoms with Crippen molar-refractivity contribution in [1.29, 1.82) is 0 Å². The molecule has 0 fully saturated rings. The smallest absolute Gasteiger partial charge is 0.330 e. The first-order valence-corrected chi connectivity index (χ1v) is 9.64. The fraction of sp³-hybridized carbons (Fsp3) is 0.600. The Hall–Kier alpha value is -2.76. The van der Waals surface area contributed by atoms with Gasteiger partial charge in [0.15, 0.2) is 0 Å². The van der Waals surface area contributed by atoms with Crippen LogP contribution in [-0.2, 0) is 42.9 Å². The van der Waals surface area contributed by atoms with Gasteiger partial charge in [0, 0.05) is 36.4 Å². The molecule has 0 aromatic heterocycles. The minimum Gasteiger partial charge on any atom is -0.466 e. The SMILES string of the molecule is COC(=O)C=CC(=O)NC(C)COCCOCCOCC(C)NC(=O)C=CC(=O)OC. The number of methoxy groups -OCH3 is 2. The van der Waals surface area contributed by atoms with Crippen LogP contribution in [0.5, 0.6) is 0 Å². The molecule has 11 nitrogen and oxygen atoms in total. The predicted octanol–water partition coefficient (Wildman–Crippen LogP) is -0.496. The highest BCUT2D eigenvalue weighted by Gasteiger charge is 2.07. The Balaban J connectivity index is 3.64. The minimum absolute atomic E-state index is 0.239. The highest BCUT2D eigenvalue weighted by molar-refractivity contribution is 5.95. The van der Waals surface area contributed by atoms with E-state index in [0.29, 0.717) is 39.6 Å². The van der Waals surface area contributed by atoms with Gasteiger partial charge in [-0.3, -0.25) is 9.59 Å². The van der Waals surface area contributed by atoms with Crippen LogP contribution in [0.25, 0.3) is 0 Å². The molecule has 0 rings (SSSR count). The van der Waals surface area contributed by atoms with Crippen molar-refractivity contribution in [2.45, 2.75) is 25.9 Å². The van der Waals surface area contributed by atoms with Crippen LogP contribution in [0.4, 0.5) is 0 Å². The summed E-state index contributed by atoms with van der Waals surface area (Å²) in [7, 11) is 2.45. The Morgan fingerprint density at radius 2 is 1.00 bits per heavy atom. The lowest BCUT2D eigenvalue weighted by Crippen LogP contribution is -2.35. The summed E-state index contributed by atoms with van der Waals surface area (Å²) in [5, 5.41) is 5.28. The highest BCUT2D eigenvalue weighted by atomic mass is 16.5. The van der Waals surface area contributed by atoms with E-state index in [0.717, 1.165) is 24.3 Å². The maximum Gasteiger partial charge on any atom is 0.330 e. The predicted molar refractivity (Wildman–Crippen MR) is 110 cm³/mol. The molecule has 0 spiro atoms. The van der Waals surface area contributed by atoms with Crippen molar-refractivity contribution in [1.82, 2.24) is 10.6 Å². The van der Waals surface area contributed by atoms with Crippen LogP contribution < -0.4 is 10.6 Å². The lowest BCUT2D eigenvalue weighted by atomic mass is 10.3. The van der Waals surface area contributed by atoms with E-state index in [1.807, 2.05) is 0 Å². The van der Waals surface area contributed by atoms with E-state index >= 15 is 0 Å². The summed E-state index contributed by atoms with van der Waals surface area (Å²) in [6, 6.07) is -0.477. The van der Waals surface area contributed by atoms with Crippen LogP contribution in [0.15, 0.2) is 24.3 Å². The van der Waals surface area contributed by atoms with Crippen LogP contribution in [0.3, 0.4) is 0 Å². The van der Waals surface area contributed by atoms with Crippen molar-refractivity contribution in [2.24, 2.45) is 0 Å². The molecule has 2 amide bonds. The molecule has 0 aromatic rings. The summed E-state index contributed by atoms with van der Waals surface area (Å²) in [4.78, 5) is 44.9. The van der Waals surface area contributed by atoms with E-state index < -0.39 is 23.8 Å². The standard InChI is InChI=1S/C20H32N2O9/c1-15(21-17(23)5-7-19(25)27-3)13-30-11-9-29-10-12-31-14-16(2)22-18(24)6-8-20(26)28-4/h5-8,15-16H,9-14H2,1-4H3,(H,21,23)(H,22,24). The van der Waals surface area contributed by atoms with Crippen LogP contribution in [0.1, 0.15) is 13.8 Å². The second-order valence-electron chi connectivity index (χ2n) is 6.29. The second kappa shape index (κ2) is 18.0. The summed E-state index contributed by atoms with van der Waals surface area (Å²) in [6.07, 6.45) is 4.26. The number of carbonyl (C=O) groups is 4. The molecule has 2 atom stereocenters. The van der Waals surface area contributed by atoms with E-state index in [1.54, 1.807) is 13.8 Å². The molecule has 176 valence electrons. The Labute approximate surface area is 182 Å². The summed E-state index contributed by atoms with van der Waals surface area (Å²) in [5.41, 5.74) is 0. The quantitative estimate of drug-likeness (QED) is 0.183. The van der Waals surface area contributed by atoms with Crippen LogP contribution in [0.2, 0.25) is 0 Å². The molecule has 0 saturated carbocycles. The molecule has 0 heterocycles. The molecular weight excluding hydrogens is 412 g/mol. The molecule has 0 aliphatic rings. The summed E-state index contributed by atoms with van der Waals surface area (Å²) < 4.78 is 24.9. The zero-order chi connectivity index (χ0) is 23.5. The van der Waals surface area contributed by atoms with E-state index in [-0.39, 0.29) is 12.1 Å². The number of carbonyl (C=O) groups excluding carboxylic acids is 4. The second-order valence-corrected chi connectivity index (χ2v) is 6.29. The highest BCUT2D eigenvalue weighted by Crippen LogP contribution is 1.90. The number of amides is 2. The average molecular weight is 444 g/mol. The minimum atomic E-state index is -0.604. The lowest BCUT2D eigenvalue weighted by Gasteiger charge is -2.14. The molecular formula is C20H32N2O9. The maximum atomic E-state index is 11.5. The molecule has 0 radical (unpaired) electrons. The molecule has 2 unspecified atom stereocenters. The third-order valence-corrected chi connectivity index (χ3v) is 3.40. The Kier molecular flexibility index (Phi) is 16.4. The van der Waals surface area contributed by atoms with Gasteiger partial charge in [0.2, 0.25) is 11.8 Å². The largest absolute Gasteiger partial charge is 0.466 e. The van der Waals surface area contributed by atoms with Crippen molar-refractivity contribution in [2.75, 3.05) is 53.9 Å². The number of esters is 2. The van der Waals surface area contributed by atoms with Gasteiger partial charge >= 0.3 is 11.9 Å². The third kappa shape index (κ3) is 17.8. The first-order chi connectivity index (χ1) is 14.8. The van der Waals surface area contributed by atoms with E-state index in [1.165, 1.54) is 14.2 Å². The number of hydrogen-bond donors (Lipinski definition) is 2. The van der Waals surface area contributed by atoms with Gasteiger partial charge in [-0.25, -0.2) is 9.59 Å². The van der Waals surface area contributed by atoms with Crippen molar-refractivity contribution in [3.05, 3.63) is 24.3 Å². The molecule has 0 saturated heterocycles. The van der Waals surface area contributed by atoms with Gasteiger partial charge < -0.3 is 34.3 Å². The molecule has 31 heavy (non-hydrogen) atoms. The molecule has 0 aliphatic heterocycles.